The molecule has 0 amide bonds. The van der Waals surface area contributed by atoms with Gasteiger partial charge in [-0.25, -0.2) is 0 Å². The standard InChI is InChI=1S/C11H9BrOS/c12-9-6-7-14-11(9)10(13)8-4-2-1-3-5-8/h1-7,10,13H. The first-order chi connectivity index (χ1) is 6.79. The molecule has 1 aromatic carbocycles. The Labute approximate surface area is 95.2 Å². The van der Waals surface area contributed by atoms with E-state index >= 15 is 0 Å². The van der Waals surface area contributed by atoms with Crippen molar-refractivity contribution in [2.45, 2.75) is 6.10 Å². The van der Waals surface area contributed by atoms with Crippen molar-refractivity contribution in [1.29, 1.82) is 0 Å². The lowest BCUT2D eigenvalue weighted by molar-refractivity contribution is 0.223. The van der Waals surface area contributed by atoms with E-state index in [0.29, 0.717) is 0 Å². The van der Waals surface area contributed by atoms with Crippen LogP contribution in [-0.2, 0) is 0 Å². The number of aliphatic hydroxyl groups excluding tert-OH is 1. The smallest absolute Gasteiger partial charge is 0.114 e. The van der Waals surface area contributed by atoms with Gasteiger partial charge in [0.1, 0.15) is 6.10 Å². The van der Waals surface area contributed by atoms with Crippen LogP contribution in [0.2, 0.25) is 0 Å². The van der Waals surface area contributed by atoms with E-state index in [1.54, 1.807) is 11.3 Å². The number of hydrogen-bond acceptors (Lipinski definition) is 2. The number of halogens is 1. The van der Waals surface area contributed by atoms with Crippen LogP contribution in [0.15, 0.2) is 46.3 Å². The second kappa shape index (κ2) is 4.26. The van der Waals surface area contributed by atoms with Crippen molar-refractivity contribution < 1.29 is 5.11 Å². The fourth-order valence-electron chi connectivity index (χ4n) is 1.29. The van der Waals surface area contributed by atoms with Gasteiger partial charge in [-0.3, -0.25) is 0 Å². The molecule has 0 saturated heterocycles. The normalized spacial score (nSPS) is 12.7. The third kappa shape index (κ3) is 1.90. The Morgan fingerprint density at radius 2 is 1.86 bits per heavy atom. The lowest BCUT2D eigenvalue weighted by atomic mass is 10.1. The maximum absolute atomic E-state index is 10.0. The van der Waals surface area contributed by atoms with Crippen molar-refractivity contribution in [1.82, 2.24) is 0 Å². The predicted octanol–water partition coefficient (Wildman–Crippen LogP) is 3.59. The van der Waals surface area contributed by atoms with E-state index in [2.05, 4.69) is 15.9 Å². The monoisotopic (exact) mass is 268 g/mol. The average Bonchev–Trinajstić information content (AvgIpc) is 2.65. The van der Waals surface area contributed by atoms with Gasteiger partial charge in [-0.2, -0.15) is 0 Å². The Kier molecular flexibility index (Phi) is 3.01. The van der Waals surface area contributed by atoms with Crippen molar-refractivity contribution in [3.05, 3.63) is 56.7 Å². The van der Waals surface area contributed by atoms with Crippen LogP contribution in [0.3, 0.4) is 0 Å². The minimum Gasteiger partial charge on any atom is -0.383 e. The average molecular weight is 269 g/mol. The summed E-state index contributed by atoms with van der Waals surface area (Å²) in [5.41, 5.74) is 0.927. The van der Waals surface area contributed by atoms with E-state index in [-0.39, 0.29) is 0 Å². The summed E-state index contributed by atoms with van der Waals surface area (Å²) in [6.45, 7) is 0. The maximum Gasteiger partial charge on any atom is 0.114 e. The second-order valence-electron chi connectivity index (χ2n) is 2.95. The summed E-state index contributed by atoms with van der Waals surface area (Å²) < 4.78 is 0.971. The lowest BCUT2D eigenvalue weighted by Gasteiger charge is -2.09. The fourth-order valence-corrected chi connectivity index (χ4v) is 2.89. The molecule has 1 unspecified atom stereocenters. The topological polar surface area (TPSA) is 20.2 Å². The highest BCUT2D eigenvalue weighted by atomic mass is 79.9. The molecule has 0 aliphatic carbocycles. The zero-order valence-corrected chi connectivity index (χ0v) is 9.75. The first-order valence-electron chi connectivity index (χ1n) is 4.25. The Morgan fingerprint density at radius 3 is 2.43 bits per heavy atom. The van der Waals surface area contributed by atoms with Gasteiger partial charge >= 0.3 is 0 Å². The molecule has 2 aromatic rings. The first-order valence-corrected chi connectivity index (χ1v) is 5.92. The molecule has 0 radical (unpaired) electrons. The molecule has 72 valence electrons. The van der Waals surface area contributed by atoms with Gasteiger partial charge in [0, 0.05) is 4.47 Å². The minimum absolute atomic E-state index is 0.523. The molecule has 0 aliphatic rings. The van der Waals surface area contributed by atoms with E-state index in [1.165, 1.54) is 0 Å². The number of benzene rings is 1. The number of rotatable bonds is 2. The SMILES string of the molecule is OC(c1ccccc1)c1sccc1Br. The summed E-state index contributed by atoms with van der Waals surface area (Å²) in [5.74, 6) is 0. The van der Waals surface area contributed by atoms with Gasteiger partial charge in [0.2, 0.25) is 0 Å². The molecule has 0 spiro atoms. The van der Waals surface area contributed by atoms with Gasteiger partial charge in [-0.1, -0.05) is 30.3 Å². The number of aliphatic hydroxyl groups is 1. The Hall–Kier alpha value is -0.640. The van der Waals surface area contributed by atoms with Crippen LogP contribution in [0.5, 0.6) is 0 Å². The van der Waals surface area contributed by atoms with Crippen LogP contribution in [0, 0.1) is 0 Å². The lowest BCUT2D eigenvalue weighted by Crippen LogP contribution is -1.96. The molecule has 14 heavy (non-hydrogen) atoms. The van der Waals surface area contributed by atoms with E-state index in [1.807, 2.05) is 41.8 Å². The van der Waals surface area contributed by atoms with Crippen LogP contribution in [-0.4, -0.2) is 5.11 Å². The van der Waals surface area contributed by atoms with Gasteiger partial charge in [0.15, 0.2) is 0 Å². The zero-order valence-electron chi connectivity index (χ0n) is 7.35. The van der Waals surface area contributed by atoms with Gasteiger partial charge in [-0.15, -0.1) is 11.3 Å². The van der Waals surface area contributed by atoms with Crippen molar-refractivity contribution in [3.8, 4) is 0 Å². The van der Waals surface area contributed by atoms with Crippen LogP contribution in [0.25, 0.3) is 0 Å². The van der Waals surface area contributed by atoms with E-state index in [4.69, 9.17) is 0 Å². The molecular weight excluding hydrogens is 260 g/mol. The Bertz CT molecular complexity index is 410. The van der Waals surface area contributed by atoms with Gasteiger partial charge in [0.25, 0.3) is 0 Å². The first kappa shape index (κ1) is 9.90. The molecule has 0 bridgehead atoms. The molecular formula is C11H9BrOS. The van der Waals surface area contributed by atoms with E-state index < -0.39 is 6.10 Å². The minimum atomic E-state index is -0.523. The molecule has 1 heterocycles. The number of thiophene rings is 1. The molecule has 1 atom stereocenters. The predicted molar refractivity (Wildman–Crippen MR) is 62.5 cm³/mol. The summed E-state index contributed by atoms with van der Waals surface area (Å²) in [5, 5.41) is 12.0. The van der Waals surface area contributed by atoms with Gasteiger partial charge in [-0.05, 0) is 32.9 Å². The molecule has 0 saturated carbocycles. The molecule has 0 aliphatic heterocycles. The van der Waals surface area contributed by atoms with Crippen molar-refractivity contribution in [2.24, 2.45) is 0 Å². The fraction of sp³-hybridized carbons (Fsp3) is 0.0909. The van der Waals surface area contributed by atoms with Crippen molar-refractivity contribution in [3.63, 3.8) is 0 Å². The Morgan fingerprint density at radius 1 is 1.14 bits per heavy atom. The third-order valence-electron chi connectivity index (χ3n) is 2.01. The summed E-state index contributed by atoms with van der Waals surface area (Å²) >= 11 is 4.97. The van der Waals surface area contributed by atoms with Gasteiger partial charge in [0.05, 0.1) is 4.88 Å². The largest absolute Gasteiger partial charge is 0.383 e. The van der Waals surface area contributed by atoms with Crippen LogP contribution in [0.1, 0.15) is 16.5 Å². The van der Waals surface area contributed by atoms with Crippen LogP contribution < -0.4 is 0 Å². The van der Waals surface area contributed by atoms with Gasteiger partial charge < -0.3 is 5.11 Å². The summed E-state index contributed by atoms with van der Waals surface area (Å²) in [6.07, 6.45) is -0.523. The molecule has 1 nitrogen and oxygen atoms in total. The van der Waals surface area contributed by atoms with E-state index in [0.717, 1.165) is 14.9 Å². The zero-order chi connectivity index (χ0) is 9.97. The summed E-state index contributed by atoms with van der Waals surface area (Å²) in [4.78, 5) is 0.955. The molecule has 3 heteroatoms. The van der Waals surface area contributed by atoms with E-state index in [9.17, 15) is 5.11 Å². The molecule has 0 fully saturated rings. The highest BCUT2D eigenvalue weighted by molar-refractivity contribution is 9.10. The second-order valence-corrected chi connectivity index (χ2v) is 4.75. The Balaban J connectivity index is 2.34. The third-order valence-corrected chi connectivity index (χ3v) is 3.93. The summed E-state index contributed by atoms with van der Waals surface area (Å²) in [6, 6.07) is 11.6. The van der Waals surface area contributed by atoms with Crippen molar-refractivity contribution >= 4 is 27.3 Å². The maximum atomic E-state index is 10.0. The quantitative estimate of drug-likeness (QED) is 0.883. The highest BCUT2D eigenvalue weighted by Gasteiger charge is 2.13. The van der Waals surface area contributed by atoms with Crippen LogP contribution in [0.4, 0.5) is 0 Å². The molecule has 1 N–H and O–H groups in total. The highest BCUT2D eigenvalue weighted by Crippen LogP contribution is 2.32. The number of hydrogen-bond donors (Lipinski definition) is 1. The van der Waals surface area contributed by atoms with Crippen molar-refractivity contribution in [2.75, 3.05) is 0 Å². The van der Waals surface area contributed by atoms with Crippen LogP contribution >= 0.6 is 27.3 Å². The molecule has 2 rings (SSSR count). The molecule has 1 aromatic heterocycles. The summed E-state index contributed by atoms with van der Waals surface area (Å²) in [7, 11) is 0.